The molecule has 2 aromatic rings. The molecule has 2 aliphatic rings. The Balaban J connectivity index is 1.66. The third-order valence-electron chi connectivity index (χ3n) is 8.29. The van der Waals surface area contributed by atoms with Crippen LogP contribution >= 0.6 is 0 Å². The Hall–Kier alpha value is -2.96. The van der Waals surface area contributed by atoms with Crippen LogP contribution < -0.4 is 10.5 Å². The Labute approximate surface area is 231 Å². The molecule has 1 heterocycles. The Morgan fingerprint density at radius 3 is 2.74 bits per heavy atom. The van der Waals surface area contributed by atoms with Gasteiger partial charge < -0.3 is 30.3 Å². The molecule has 1 aliphatic heterocycles. The van der Waals surface area contributed by atoms with E-state index in [9.17, 15) is 20.3 Å². The van der Waals surface area contributed by atoms with E-state index in [2.05, 4.69) is 6.07 Å². The SMILES string of the molecule is COCCCC[C@@](O)(c1ccc(C#N)cc1Oc1cccc(C)c1)[C@@H]1CCCN(C(=O)[C@H]2C[C@@H](N)[C@@H](O)C2)C1. The molecule has 0 spiro atoms. The summed E-state index contributed by atoms with van der Waals surface area (Å²) in [7, 11) is 1.66. The van der Waals surface area contributed by atoms with Crippen LogP contribution in [0.4, 0.5) is 0 Å². The number of piperidine rings is 1. The van der Waals surface area contributed by atoms with E-state index in [0.29, 0.717) is 61.6 Å². The number of aliphatic hydroxyl groups excluding tert-OH is 1. The minimum atomic E-state index is -1.29. The molecule has 210 valence electrons. The summed E-state index contributed by atoms with van der Waals surface area (Å²) in [6.45, 7) is 3.60. The predicted octanol–water partition coefficient (Wildman–Crippen LogP) is 4.00. The van der Waals surface area contributed by atoms with Crippen molar-refractivity contribution in [1.82, 2.24) is 4.90 Å². The molecule has 8 heteroatoms. The second-order valence-electron chi connectivity index (χ2n) is 11.1. The minimum absolute atomic E-state index is 0.00416. The van der Waals surface area contributed by atoms with Crippen LogP contribution in [0, 0.1) is 30.1 Å². The van der Waals surface area contributed by atoms with Gasteiger partial charge in [0.15, 0.2) is 0 Å². The molecule has 2 fully saturated rings. The monoisotopic (exact) mass is 535 g/mol. The van der Waals surface area contributed by atoms with Crippen molar-refractivity contribution >= 4 is 5.91 Å². The average molecular weight is 536 g/mol. The minimum Gasteiger partial charge on any atom is -0.457 e. The number of aliphatic hydroxyl groups is 2. The maximum atomic E-state index is 13.4. The quantitative estimate of drug-likeness (QED) is 0.392. The van der Waals surface area contributed by atoms with Crippen LogP contribution in [0.2, 0.25) is 0 Å². The summed E-state index contributed by atoms with van der Waals surface area (Å²) < 4.78 is 11.6. The molecule has 39 heavy (non-hydrogen) atoms. The predicted molar refractivity (Wildman–Crippen MR) is 148 cm³/mol. The van der Waals surface area contributed by atoms with E-state index in [1.54, 1.807) is 25.3 Å². The van der Waals surface area contributed by atoms with Gasteiger partial charge in [0.1, 0.15) is 11.5 Å². The van der Waals surface area contributed by atoms with Crippen molar-refractivity contribution in [3.63, 3.8) is 0 Å². The lowest BCUT2D eigenvalue weighted by Crippen LogP contribution is -2.49. The number of likely N-dealkylation sites (tertiary alicyclic amines) is 1. The molecule has 1 aliphatic carbocycles. The Morgan fingerprint density at radius 1 is 1.23 bits per heavy atom. The summed E-state index contributed by atoms with van der Waals surface area (Å²) in [4.78, 5) is 15.3. The van der Waals surface area contributed by atoms with Gasteiger partial charge in [0.25, 0.3) is 0 Å². The topological polar surface area (TPSA) is 129 Å². The molecule has 1 saturated heterocycles. The summed E-state index contributed by atoms with van der Waals surface area (Å²) in [5, 5.41) is 32.2. The summed E-state index contributed by atoms with van der Waals surface area (Å²) in [6.07, 6.45) is 3.70. The number of nitriles is 1. The number of amides is 1. The van der Waals surface area contributed by atoms with Crippen LogP contribution in [0.1, 0.15) is 61.6 Å². The highest BCUT2D eigenvalue weighted by atomic mass is 16.5. The van der Waals surface area contributed by atoms with Gasteiger partial charge in [-0.15, -0.1) is 0 Å². The highest BCUT2D eigenvalue weighted by molar-refractivity contribution is 5.79. The van der Waals surface area contributed by atoms with E-state index in [4.69, 9.17) is 15.2 Å². The molecule has 0 radical (unpaired) electrons. The number of aryl methyl sites for hydroxylation is 1. The Kier molecular flexibility index (Phi) is 9.62. The zero-order chi connectivity index (χ0) is 28.0. The van der Waals surface area contributed by atoms with Crippen LogP contribution in [0.15, 0.2) is 42.5 Å². The highest BCUT2D eigenvalue weighted by Crippen LogP contribution is 2.45. The zero-order valence-electron chi connectivity index (χ0n) is 23.0. The first-order valence-corrected chi connectivity index (χ1v) is 14.0. The number of carbonyl (C=O) groups excluding carboxylic acids is 1. The van der Waals surface area contributed by atoms with Crippen LogP contribution in [0.3, 0.4) is 0 Å². The third kappa shape index (κ3) is 6.79. The van der Waals surface area contributed by atoms with Crippen molar-refractivity contribution in [3.8, 4) is 17.6 Å². The largest absolute Gasteiger partial charge is 0.457 e. The standard InChI is InChI=1S/C31H41N3O5/c1-21-7-5-9-25(15-21)39-29-16-22(19-32)10-11-26(29)31(37,12-3-4-14-38-2)24-8-6-13-34(20-24)30(36)23-17-27(33)28(35)18-23/h5,7,9-11,15-16,23-24,27-28,35,37H,3-4,6,8,12-14,17-18,20,33H2,1-2H3/t23-,24+,27+,28-,31-/m0/s1. The molecule has 1 amide bonds. The molecular formula is C31H41N3O5. The van der Waals surface area contributed by atoms with Gasteiger partial charge >= 0.3 is 0 Å². The third-order valence-corrected chi connectivity index (χ3v) is 8.29. The smallest absolute Gasteiger partial charge is 0.225 e. The molecule has 5 atom stereocenters. The summed E-state index contributed by atoms with van der Waals surface area (Å²) in [6, 6.07) is 14.7. The molecule has 8 nitrogen and oxygen atoms in total. The van der Waals surface area contributed by atoms with Crippen molar-refractivity contribution in [2.45, 2.75) is 69.6 Å². The van der Waals surface area contributed by atoms with Crippen molar-refractivity contribution < 1.29 is 24.5 Å². The number of benzene rings is 2. The van der Waals surface area contributed by atoms with E-state index in [1.807, 2.05) is 36.1 Å². The molecule has 0 unspecified atom stereocenters. The van der Waals surface area contributed by atoms with Gasteiger partial charge in [-0.1, -0.05) is 18.2 Å². The molecular weight excluding hydrogens is 494 g/mol. The van der Waals surface area contributed by atoms with E-state index in [1.165, 1.54) is 0 Å². The van der Waals surface area contributed by atoms with Gasteiger partial charge in [-0.05, 0) is 81.7 Å². The first-order valence-electron chi connectivity index (χ1n) is 14.0. The number of unbranched alkanes of at least 4 members (excludes halogenated alkanes) is 1. The van der Waals surface area contributed by atoms with Crippen molar-refractivity contribution in [3.05, 3.63) is 59.2 Å². The van der Waals surface area contributed by atoms with E-state index < -0.39 is 11.7 Å². The van der Waals surface area contributed by atoms with Crippen molar-refractivity contribution in [2.24, 2.45) is 17.6 Å². The molecule has 0 bridgehead atoms. The first kappa shape index (κ1) is 29.0. The molecule has 4 N–H and O–H groups in total. The van der Waals surface area contributed by atoms with Gasteiger partial charge in [0.2, 0.25) is 5.91 Å². The number of hydrogen-bond acceptors (Lipinski definition) is 7. The highest BCUT2D eigenvalue weighted by Gasteiger charge is 2.45. The lowest BCUT2D eigenvalue weighted by atomic mass is 9.73. The van der Waals surface area contributed by atoms with E-state index >= 15 is 0 Å². The number of hydrogen-bond donors (Lipinski definition) is 3. The number of ether oxygens (including phenoxy) is 2. The Bertz CT molecular complexity index is 1170. The van der Waals surface area contributed by atoms with Crippen LogP contribution in [-0.4, -0.2) is 60.0 Å². The lowest BCUT2D eigenvalue weighted by molar-refractivity contribution is -0.141. The summed E-state index contributed by atoms with van der Waals surface area (Å²) in [5.74, 6) is 0.556. The number of nitrogens with zero attached hydrogens (tertiary/aromatic N) is 2. The maximum Gasteiger partial charge on any atom is 0.225 e. The average Bonchev–Trinajstić information content (AvgIpc) is 3.28. The number of nitrogens with two attached hydrogens (primary N) is 1. The lowest BCUT2D eigenvalue weighted by Gasteiger charge is -2.44. The normalized spacial score (nSPS) is 24.7. The van der Waals surface area contributed by atoms with Crippen LogP contribution in [-0.2, 0) is 15.1 Å². The number of carbonyl (C=O) groups is 1. The summed E-state index contributed by atoms with van der Waals surface area (Å²) >= 11 is 0. The van der Waals surface area contributed by atoms with Gasteiger partial charge in [0.05, 0.1) is 23.3 Å². The fraction of sp³-hybridized carbons (Fsp3) is 0.548. The van der Waals surface area contributed by atoms with Gasteiger partial charge in [-0.2, -0.15) is 5.26 Å². The molecule has 0 aromatic heterocycles. The molecule has 1 saturated carbocycles. The fourth-order valence-corrected chi connectivity index (χ4v) is 6.11. The van der Waals surface area contributed by atoms with Crippen molar-refractivity contribution in [1.29, 1.82) is 5.26 Å². The zero-order valence-corrected chi connectivity index (χ0v) is 23.0. The van der Waals surface area contributed by atoms with Gasteiger partial charge in [-0.25, -0.2) is 0 Å². The van der Waals surface area contributed by atoms with Crippen molar-refractivity contribution in [2.75, 3.05) is 26.8 Å². The molecule has 2 aromatic carbocycles. The molecule has 4 rings (SSSR count). The van der Waals surface area contributed by atoms with Gasteiger partial charge in [0, 0.05) is 50.2 Å². The maximum absolute atomic E-state index is 13.4. The second kappa shape index (κ2) is 12.9. The Morgan fingerprint density at radius 2 is 2.05 bits per heavy atom. The van der Waals surface area contributed by atoms with E-state index in [-0.39, 0.29) is 23.8 Å². The van der Waals surface area contributed by atoms with Gasteiger partial charge in [-0.3, -0.25) is 4.79 Å². The fourth-order valence-electron chi connectivity index (χ4n) is 6.11. The number of methoxy groups -OCH3 is 1. The first-order chi connectivity index (χ1) is 18.7. The second-order valence-corrected chi connectivity index (χ2v) is 11.1. The van der Waals surface area contributed by atoms with E-state index in [0.717, 1.165) is 31.2 Å². The number of rotatable bonds is 10. The summed E-state index contributed by atoms with van der Waals surface area (Å²) in [5.41, 5.74) is 6.81. The van der Waals surface area contributed by atoms with Crippen LogP contribution in [0.5, 0.6) is 11.5 Å². The van der Waals surface area contributed by atoms with Crippen LogP contribution in [0.25, 0.3) is 0 Å².